The van der Waals surface area contributed by atoms with Crippen molar-refractivity contribution in [2.45, 2.75) is 51.6 Å². The lowest BCUT2D eigenvalue weighted by molar-refractivity contribution is 0.0445. The summed E-state index contributed by atoms with van der Waals surface area (Å²) < 4.78 is 7.57. The Morgan fingerprint density at radius 3 is 2.67 bits per heavy atom. The molecule has 21 heavy (non-hydrogen) atoms. The van der Waals surface area contributed by atoms with E-state index in [0.29, 0.717) is 12.0 Å². The fraction of sp³-hybridized carbons (Fsp3) is 0.667. The van der Waals surface area contributed by atoms with Crippen LogP contribution in [0.3, 0.4) is 0 Å². The number of rotatable bonds is 4. The highest BCUT2D eigenvalue weighted by Gasteiger charge is 2.36. The number of likely N-dealkylation sites (tertiary alicyclic amines) is 1. The quantitative estimate of drug-likeness (QED) is 0.864. The summed E-state index contributed by atoms with van der Waals surface area (Å²) in [6.07, 6.45) is 2.41. The molecule has 2 aromatic rings. The zero-order valence-corrected chi connectivity index (χ0v) is 12.8. The zero-order valence-electron chi connectivity index (χ0n) is 12.8. The molecule has 112 valence electrons. The molecule has 1 aliphatic carbocycles. The lowest BCUT2D eigenvalue weighted by Crippen LogP contribution is -2.49. The normalized spacial score (nSPS) is 21.5. The first kappa shape index (κ1) is 13.0. The molecule has 0 aromatic carbocycles. The number of aryl methyl sites for hydroxylation is 2. The smallest absolute Gasteiger partial charge is 0.243 e. The van der Waals surface area contributed by atoms with Gasteiger partial charge in [-0.15, -0.1) is 0 Å². The standard InChI is InChI=1S/C15H21N5O/c1-9-6-10(2)20(17-9)13-7-19(8-13)11(3)15-16-14(18-21-15)12-4-5-12/h6,11-13H,4-5,7-8H2,1-3H3. The van der Waals surface area contributed by atoms with Crippen LogP contribution in [0.2, 0.25) is 0 Å². The molecule has 6 heteroatoms. The second-order valence-corrected chi connectivity index (χ2v) is 6.42. The van der Waals surface area contributed by atoms with Crippen molar-refractivity contribution in [3.8, 4) is 0 Å². The van der Waals surface area contributed by atoms with E-state index in [-0.39, 0.29) is 6.04 Å². The lowest BCUT2D eigenvalue weighted by Gasteiger charge is -2.42. The number of aromatic nitrogens is 4. The van der Waals surface area contributed by atoms with Crippen LogP contribution in [0.5, 0.6) is 0 Å². The lowest BCUT2D eigenvalue weighted by atomic mass is 10.1. The van der Waals surface area contributed by atoms with E-state index in [4.69, 9.17) is 4.52 Å². The summed E-state index contributed by atoms with van der Waals surface area (Å²) in [6, 6.07) is 2.79. The van der Waals surface area contributed by atoms with Crippen LogP contribution in [-0.4, -0.2) is 37.9 Å². The van der Waals surface area contributed by atoms with Gasteiger partial charge in [0, 0.05) is 24.7 Å². The first-order chi connectivity index (χ1) is 10.1. The van der Waals surface area contributed by atoms with Gasteiger partial charge < -0.3 is 4.52 Å². The topological polar surface area (TPSA) is 60.0 Å². The second kappa shape index (κ2) is 4.66. The molecule has 4 rings (SSSR count). The van der Waals surface area contributed by atoms with Crippen molar-refractivity contribution in [3.05, 3.63) is 29.2 Å². The molecule has 3 heterocycles. The predicted molar refractivity (Wildman–Crippen MR) is 77.0 cm³/mol. The zero-order chi connectivity index (χ0) is 14.6. The van der Waals surface area contributed by atoms with Gasteiger partial charge in [0.2, 0.25) is 5.89 Å². The predicted octanol–water partition coefficient (Wildman–Crippen LogP) is 2.38. The van der Waals surface area contributed by atoms with Crippen molar-refractivity contribution < 1.29 is 4.52 Å². The maximum absolute atomic E-state index is 5.43. The highest BCUT2D eigenvalue weighted by molar-refractivity contribution is 5.10. The minimum absolute atomic E-state index is 0.193. The van der Waals surface area contributed by atoms with Gasteiger partial charge in [0.05, 0.1) is 17.8 Å². The molecule has 2 fully saturated rings. The van der Waals surface area contributed by atoms with Gasteiger partial charge in [0.1, 0.15) is 0 Å². The average molecular weight is 287 g/mol. The molecule has 6 nitrogen and oxygen atoms in total. The molecule has 2 aliphatic rings. The summed E-state index contributed by atoms with van der Waals surface area (Å²) in [5.41, 5.74) is 2.32. The van der Waals surface area contributed by atoms with Gasteiger partial charge in [-0.05, 0) is 39.7 Å². The molecule has 0 spiro atoms. The Kier molecular flexibility index (Phi) is 2.89. The fourth-order valence-electron chi connectivity index (χ4n) is 3.06. The van der Waals surface area contributed by atoms with E-state index < -0.39 is 0 Å². The number of hydrogen-bond donors (Lipinski definition) is 0. The third-order valence-electron chi connectivity index (χ3n) is 4.59. The summed E-state index contributed by atoms with van der Waals surface area (Å²) in [5.74, 6) is 2.20. The maximum Gasteiger partial charge on any atom is 0.243 e. The number of hydrogen-bond acceptors (Lipinski definition) is 5. The van der Waals surface area contributed by atoms with E-state index in [1.807, 2.05) is 6.92 Å². The van der Waals surface area contributed by atoms with Crippen LogP contribution in [0.4, 0.5) is 0 Å². The monoisotopic (exact) mass is 287 g/mol. The summed E-state index contributed by atoms with van der Waals surface area (Å²) >= 11 is 0. The van der Waals surface area contributed by atoms with Crippen molar-refractivity contribution in [2.24, 2.45) is 0 Å². The van der Waals surface area contributed by atoms with Crippen LogP contribution >= 0.6 is 0 Å². The summed E-state index contributed by atoms with van der Waals surface area (Å²) in [7, 11) is 0. The number of nitrogens with zero attached hydrogens (tertiary/aromatic N) is 5. The van der Waals surface area contributed by atoms with Crippen LogP contribution in [0.25, 0.3) is 0 Å². The van der Waals surface area contributed by atoms with E-state index in [0.717, 1.165) is 30.5 Å². The Morgan fingerprint density at radius 2 is 2.05 bits per heavy atom. The first-order valence-electron chi connectivity index (χ1n) is 7.72. The summed E-state index contributed by atoms with van der Waals surface area (Å²) in [6.45, 7) is 8.28. The van der Waals surface area contributed by atoms with Crippen LogP contribution in [0.1, 0.15) is 60.9 Å². The van der Waals surface area contributed by atoms with E-state index in [2.05, 4.69) is 44.7 Å². The van der Waals surface area contributed by atoms with E-state index in [1.54, 1.807) is 0 Å². The average Bonchev–Trinajstić information content (AvgIpc) is 3.03. The molecule has 2 aromatic heterocycles. The van der Waals surface area contributed by atoms with E-state index in [1.165, 1.54) is 18.5 Å². The van der Waals surface area contributed by atoms with Gasteiger partial charge in [0.15, 0.2) is 5.82 Å². The molecule has 0 N–H and O–H groups in total. The summed E-state index contributed by atoms with van der Waals surface area (Å²) in [4.78, 5) is 6.92. The Balaban J connectivity index is 1.41. The SMILES string of the molecule is Cc1cc(C)n(C2CN(C(C)c3nc(C4CC4)no3)C2)n1. The van der Waals surface area contributed by atoms with Gasteiger partial charge in [-0.25, -0.2) is 0 Å². The third-order valence-corrected chi connectivity index (χ3v) is 4.59. The Hall–Kier alpha value is -1.69. The van der Waals surface area contributed by atoms with Crippen molar-refractivity contribution >= 4 is 0 Å². The van der Waals surface area contributed by atoms with Crippen molar-refractivity contribution in [2.75, 3.05) is 13.1 Å². The Bertz CT molecular complexity index is 651. The second-order valence-electron chi connectivity index (χ2n) is 6.42. The largest absolute Gasteiger partial charge is 0.338 e. The molecule has 1 aliphatic heterocycles. The van der Waals surface area contributed by atoms with Gasteiger partial charge in [-0.1, -0.05) is 5.16 Å². The van der Waals surface area contributed by atoms with Gasteiger partial charge in [-0.3, -0.25) is 9.58 Å². The molecule has 1 saturated carbocycles. The third kappa shape index (κ3) is 2.27. The molecule has 0 bridgehead atoms. The molecule has 1 atom stereocenters. The van der Waals surface area contributed by atoms with E-state index in [9.17, 15) is 0 Å². The van der Waals surface area contributed by atoms with Crippen LogP contribution in [0, 0.1) is 13.8 Å². The fourth-order valence-corrected chi connectivity index (χ4v) is 3.06. The maximum atomic E-state index is 5.43. The molecular weight excluding hydrogens is 266 g/mol. The van der Waals surface area contributed by atoms with Crippen LogP contribution in [0.15, 0.2) is 10.6 Å². The van der Waals surface area contributed by atoms with Crippen LogP contribution < -0.4 is 0 Å². The van der Waals surface area contributed by atoms with Crippen molar-refractivity contribution in [1.82, 2.24) is 24.8 Å². The minimum atomic E-state index is 0.193. The highest BCUT2D eigenvalue weighted by atomic mass is 16.5. The van der Waals surface area contributed by atoms with Gasteiger partial charge in [0.25, 0.3) is 0 Å². The van der Waals surface area contributed by atoms with E-state index >= 15 is 0 Å². The van der Waals surface area contributed by atoms with Crippen molar-refractivity contribution in [1.29, 1.82) is 0 Å². The Labute approximate surface area is 124 Å². The minimum Gasteiger partial charge on any atom is -0.338 e. The first-order valence-corrected chi connectivity index (χ1v) is 7.72. The molecule has 0 amide bonds. The van der Waals surface area contributed by atoms with Gasteiger partial charge in [-0.2, -0.15) is 10.1 Å². The van der Waals surface area contributed by atoms with Crippen molar-refractivity contribution in [3.63, 3.8) is 0 Å². The molecule has 1 saturated heterocycles. The molecular formula is C15H21N5O. The summed E-state index contributed by atoms with van der Waals surface area (Å²) in [5, 5.41) is 8.68. The van der Waals surface area contributed by atoms with Gasteiger partial charge >= 0.3 is 0 Å². The highest BCUT2D eigenvalue weighted by Crippen LogP contribution is 2.39. The van der Waals surface area contributed by atoms with Crippen LogP contribution in [-0.2, 0) is 0 Å². The Morgan fingerprint density at radius 1 is 1.29 bits per heavy atom. The molecule has 1 unspecified atom stereocenters. The molecule has 0 radical (unpaired) electrons.